The van der Waals surface area contributed by atoms with Gasteiger partial charge in [0.05, 0.1) is 12.4 Å². The Hall–Kier alpha value is -0.900. The van der Waals surface area contributed by atoms with Crippen LogP contribution in [0.15, 0.2) is 16.9 Å². The summed E-state index contributed by atoms with van der Waals surface area (Å²) in [7, 11) is 2.07. The molecule has 5 heteroatoms. The lowest BCUT2D eigenvalue weighted by Gasteiger charge is -2.33. The van der Waals surface area contributed by atoms with Gasteiger partial charge in [-0.25, -0.2) is 4.99 Å². The Balaban J connectivity index is 2.02. The minimum absolute atomic E-state index is 0.304. The molecule has 2 heterocycles. The van der Waals surface area contributed by atoms with Crippen LogP contribution in [-0.4, -0.2) is 41.5 Å². The molecule has 16 heavy (non-hydrogen) atoms. The highest BCUT2D eigenvalue weighted by Crippen LogP contribution is 2.19. The van der Waals surface area contributed by atoms with Crippen molar-refractivity contribution in [2.75, 3.05) is 20.3 Å². The summed E-state index contributed by atoms with van der Waals surface area (Å²) >= 11 is 5.98. The van der Waals surface area contributed by atoms with Crippen molar-refractivity contribution in [3.05, 3.63) is 11.9 Å². The largest absolute Gasteiger partial charge is 0.361 e. The third-order valence-electron chi connectivity index (χ3n) is 2.83. The molecule has 1 N–H and O–H groups in total. The summed E-state index contributed by atoms with van der Waals surface area (Å²) in [6.07, 6.45) is 5.79. The number of aliphatic imine (C=N–C) groups is 1. The monoisotopic (exact) mass is 242 g/mol. The maximum atomic E-state index is 5.98. The lowest BCUT2D eigenvalue weighted by Crippen LogP contribution is -2.44. The van der Waals surface area contributed by atoms with Gasteiger partial charge in [0.1, 0.15) is 0 Å². The van der Waals surface area contributed by atoms with Gasteiger partial charge in [-0.3, -0.25) is 0 Å². The summed E-state index contributed by atoms with van der Waals surface area (Å²) in [6.45, 7) is 4.17. The van der Waals surface area contributed by atoms with Gasteiger partial charge in [-0.15, -0.1) is 0 Å². The number of nitrogens with one attached hydrogen (secondary N) is 1. The number of amidine groups is 1. The van der Waals surface area contributed by atoms with Gasteiger partial charge in [0.2, 0.25) is 0 Å². The lowest BCUT2D eigenvalue weighted by molar-refractivity contribution is 0.264. The van der Waals surface area contributed by atoms with Crippen LogP contribution in [0.2, 0.25) is 0 Å². The molecule has 2 rings (SSSR count). The smallest absolute Gasteiger partial charge is 0.197 e. The van der Waals surface area contributed by atoms with Crippen LogP contribution in [0.4, 0.5) is 0 Å². The van der Waals surface area contributed by atoms with E-state index < -0.39 is 0 Å². The van der Waals surface area contributed by atoms with Gasteiger partial charge in [-0.2, -0.15) is 0 Å². The fraction of sp³-hybridized carbons (Fsp3) is 0.727. The fourth-order valence-corrected chi connectivity index (χ4v) is 2.29. The highest BCUT2D eigenvalue weighted by molar-refractivity contribution is 6.22. The predicted molar refractivity (Wildman–Crippen MR) is 67.2 cm³/mol. The zero-order chi connectivity index (χ0) is 11.5. The molecule has 90 valence electrons. The van der Waals surface area contributed by atoms with E-state index in [2.05, 4.69) is 40.3 Å². The Morgan fingerprint density at radius 3 is 3.12 bits per heavy atom. The number of halogens is 1. The van der Waals surface area contributed by atoms with E-state index in [9.17, 15) is 0 Å². The molecule has 1 atom stereocenters. The van der Waals surface area contributed by atoms with Crippen LogP contribution >= 0.6 is 11.6 Å². The van der Waals surface area contributed by atoms with Crippen molar-refractivity contribution in [1.29, 1.82) is 0 Å². The van der Waals surface area contributed by atoms with Crippen LogP contribution in [0.5, 0.6) is 0 Å². The second-order valence-electron chi connectivity index (χ2n) is 4.34. The summed E-state index contributed by atoms with van der Waals surface area (Å²) in [5.41, 5.74) is 0.742. The van der Waals surface area contributed by atoms with E-state index >= 15 is 0 Å². The van der Waals surface area contributed by atoms with Crippen LogP contribution in [-0.2, 0) is 0 Å². The van der Waals surface area contributed by atoms with Crippen molar-refractivity contribution >= 4 is 17.4 Å². The predicted octanol–water partition coefficient (Wildman–Crippen LogP) is 1.75. The first-order valence-corrected chi connectivity index (χ1v) is 6.30. The van der Waals surface area contributed by atoms with E-state index in [-0.39, 0.29) is 5.62 Å². The summed E-state index contributed by atoms with van der Waals surface area (Å²) in [5.74, 6) is 1.02. The highest BCUT2D eigenvalue weighted by atomic mass is 35.5. The fourth-order valence-electron chi connectivity index (χ4n) is 2.08. The summed E-state index contributed by atoms with van der Waals surface area (Å²) < 4.78 is 0. The number of unbranched alkanes of at least 4 members (excludes halogenated alkanes) is 2. The number of alkyl halides is 1. The van der Waals surface area contributed by atoms with Gasteiger partial charge in [0.15, 0.2) is 11.5 Å². The molecule has 2 aliphatic heterocycles. The first-order valence-electron chi connectivity index (χ1n) is 5.86. The molecule has 2 aliphatic rings. The third-order valence-corrected chi connectivity index (χ3v) is 3.03. The molecule has 0 spiro atoms. The maximum Gasteiger partial charge on any atom is 0.197 e. The molecule has 0 saturated heterocycles. The second-order valence-corrected chi connectivity index (χ2v) is 4.76. The molecule has 0 aromatic rings. The van der Waals surface area contributed by atoms with Crippen molar-refractivity contribution in [3.8, 4) is 0 Å². The zero-order valence-electron chi connectivity index (χ0n) is 9.91. The van der Waals surface area contributed by atoms with E-state index in [1.54, 1.807) is 0 Å². The zero-order valence-corrected chi connectivity index (χ0v) is 10.7. The van der Waals surface area contributed by atoms with E-state index in [4.69, 9.17) is 11.6 Å². The van der Waals surface area contributed by atoms with Crippen LogP contribution in [0.3, 0.4) is 0 Å². The average molecular weight is 243 g/mol. The lowest BCUT2D eigenvalue weighted by atomic mass is 10.2. The van der Waals surface area contributed by atoms with Gasteiger partial charge < -0.3 is 15.1 Å². The Labute approximate surface area is 102 Å². The number of fused-ring (bicyclic) bond motifs is 1. The third kappa shape index (κ3) is 2.43. The van der Waals surface area contributed by atoms with Crippen LogP contribution in [0, 0.1) is 0 Å². The summed E-state index contributed by atoms with van der Waals surface area (Å²) in [4.78, 5) is 8.85. The van der Waals surface area contributed by atoms with E-state index in [0.717, 1.165) is 24.7 Å². The number of rotatable bonds is 4. The normalized spacial score (nSPS) is 23.8. The molecule has 0 aromatic heterocycles. The molecule has 0 aliphatic carbocycles. The first kappa shape index (κ1) is 11.6. The van der Waals surface area contributed by atoms with Crippen molar-refractivity contribution in [3.63, 3.8) is 0 Å². The molecule has 0 radical (unpaired) electrons. The Morgan fingerprint density at radius 2 is 2.38 bits per heavy atom. The van der Waals surface area contributed by atoms with E-state index in [1.165, 1.54) is 19.3 Å². The van der Waals surface area contributed by atoms with Gasteiger partial charge in [0, 0.05) is 19.8 Å². The van der Waals surface area contributed by atoms with Crippen molar-refractivity contribution < 1.29 is 0 Å². The van der Waals surface area contributed by atoms with Gasteiger partial charge in [-0.05, 0) is 6.42 Å². The van der Waals surface area contributed by atoms with Crippen LogP contribution < -0.4 is 5.32 Å². The molecule has 0 bridgehead atoms. The molecule has 0 amide bonds. The van der Waals surface area contributed by atoms with E-state index in [0.29, 0.717) is 0 Å². The second kappa shape index (κ2) is 4.95. The SMILES string of the molecule is CCCCCN1CN(C)C=C2NC(Cl)N=C21. The maximum absolute atomic E-state index is 5.98. The highest BCUT2D eigenvalue weighted by Gasteiger charge is 2.28. The topological polar surface area (TPSA) is 30.9 Å². The Kier molecular flexibility index (Phi) is 3.59. The molecular weight excluding hydrogens is 224 g/mol. The van der Waals surface area contributed by atoms with Crippen molar-refractivity contribution in [2.45, 2.75) is 31.8 Å². The summed E-state index contributed by atoms with van der Waals surface area (Å²) in [5, 5.41) is 3.15. The minimum Gasteiger partial charge on any atom is -0.361 e. The Morgan fingerprint density at radius 1 is 1.56 bits per heavy atom. The van der Waals surface area contributed by atoms with Gasteiger partial charge in [0.25, 0.3) is 0 Å². The average Bonchev–Trinajstić information content (AvgIpc) is 2.58. The summed E-state index contributed by atoms with van der Waals surface area (Å²) in [6, 6.07) is 0. The van der Waals surface area contributed by atoms with Crippen molar-refractivity contribution in [1.82, 2.24) is 15.1 Å². The van der Waals surface area contributed by atoms with Gasteiger partial charge in [-0.1, -0.05) is 31.4 Å². The molecular formula is C11H19ClN4. The Bertz CT molecular complexity index is 313. The first-order chi connectivity index (χ1) is 7.70. The van der Waals surface area contributed by atoms with Crippen LogP contribution in [0.1, 0.15) is 26.2 Å². The molecule has 0 saturated carbocycles. The molecule has 0 fully saturated rings. The standard InChI is InChI=1S/C11H19ClN4/c1-3-4-5-6-16-8-15(2)7-9-10(16)14-11(12)13-9/h7,11,13H,3-6,8H2,1-2H3. The molecule has 1 unspecified atom stereocenters. The quantitative estimate of drug-likeness (QED) is 0.463. The number of nitrogens with zero attached hydrogens (tertiary/aromatic N) is 3. The molecule has 0 aromatic carbocycles. The minimum atomic E-state index is -0.304. The molecule has 4 nitrogen and oxygen atoms in total. The van der Waals surface area contributed by atoms with Crippen LogP contribution in [0.25, 0.3) is 0 Å². The van der Waals surface area contributed by atoms with E-state index in [1.807, 2.05) is 0 Å². The number of hydrogen-bond acceptors (Lipinski definition) is 4. The van der Waals surface area contributed by atoms with Gasteiger partial charge >= 0.3 is 0 Å². The van der Waals surface area contributed by atoms with Crippen molar-refractivity contribution in [2.24, 2.45) is 4.99 Å². The number of hydrogen-bond donors (Lipinski definition) is 1.